The molecule has 1 saturated heterocycles. The molecule has 0 aliphatic carbocycles. The smallest absolute Gasteiger partial charge is 0.302 e. The van der Waals surface area contributed by atoms with Gasteiger partial charge in [0.15, 0.2) is 0 Å². The first-order chi connectivity index (χ1) is 13.1. The van der Waals surface area contributed by atoms with Crippen LogP contribution in [0, 0.1) is 0 Å². The van der Waals surface area contributed by atoms with Crippen molar-refractivity contribution in [2.45, 2.75) is 66.7 Å². The predicted octanol–water partition coefficient (Wildman–Crippen LogP) is 2.13. The van der Waals surface area contributed by atoms with Gasteiger partial charge in [-0.05, 0) is 25.8 Å². The van der Waals surface area contributed by atoms with Crippen molar-refractivity contribution in [1.29, 1.82) is 0 Å². The van der Waals surface area contributed by atoms with Crippen LogP contribution in [0.1, 0.15) is 54.4 Å². The SMILES string of the molecule is C=C(/C=C\NC1CCC(COC(C)=O)O1)NC(C)=O.CC.CC(=O)O.CC=O. The molecule has 1 amide bonds. The van der Waals surface area contributed by atoms with Gasteiger partial charge in [-0.25, -0.2) is 0 Å². The zero-order valence-corrected chi connectivity index (χ0v) is 17.6. The monoisotopic (exact) mass is 402 g/mol. The Balaban J connectivity index is -0.000000589. The van der Waals surface area contributed by atoms with E-state index in [1.165, 1.54) is 20.8 Å². The van der Waals surface area contributed by atoms with E-state index in [-0.39, 0.29) is 30.8 Å². The van der Waals surface area contributed by atoms with Gasteiger partial charge in [-0.15, -0.1) is 0 Å². The van der Waals surface area contributed by atoms with Gasteiger partial charge in [-0.1, -0.05) is 20.4 Å². The Morgan fingerprint density at radius 2 is 1.71 bits per heavy atom. The van der Waals surface area contributed by atoms with Crippen LogP contribution in [0.25, 0.3) is 0 Å². The maximum atomic E-state index is 10.8. The number of aldehydes is 1. The molecule has 2 atom stereocenters. The molecule has 1 heterocycles. The lowest BCUT2D eigenvalue weighted by molar-refractivity contribution is -0.145. The minimum Gasteiger partial charge on any atom is -0.481 e. The Morgan fingerprint density at radius 1 is 1.21 bits per heavy atom. The Bertz CT molecular complexity index is 501. The number of esters is 1. The van der Waals surface area contributed by atoms with E-state index in [1.54, 1.807) is 12.3 Å². The number of hydrogen-bond donors (Lipinski definition) is 3. The number of aliphatic carboxylic acids is 1. The molecule has 1 rings (SSSR count). The minimum atomic E-state index is -0.833. The average molecular weight is 402 g/mol. The van der Waals surface area contributed by atoms with Crippen molar-refractivity contribution in [3.05, 3.63) is 24.6 Å². The van der Waals surface area contributed by atoms with Crippen molar-refractivity contribution in [3.8, 4) is 0 Å². The summed E-state index contributed by atoms with van der Waals surface area (Å²) in [5.41, 5.74) is 0.509. The van der Waals surface area contributed by atoms with E-state index in [0.717, 1.165) is 26.1 Å². The second kappa shape index (κ2) is 20.6. The van der Waals surface area contributed by atoms with Gasteiger partial charge < -0.3 is 30.0 Å². The highest BCUT2D eigenvalue weighted by Crippen LogP contribution is 2.18. The molecule has 0 aromatic carbocycles. The van der Waals surface area contributed by atoms with Crippen LogP contribution in [0.5, 0.6) is 0 Å². The zero-order chi connectivity index (χ0) is 22.5. The fourth-order valence-corrected chi connectivity index (χ4v) is 1.68. The van der Waals surface area contributed by atoms with Crippen molar-refractivity contribution < 1.29 is 33.8 Å². The molecular formula is C19H34N2O7. The second-order valence-corrected chi connectivity index (χ2v) is 5.09. The molecule has 0 aromatic heterocycles. The lowest BCUT2D eigenvalue weighted by Crippen LogP contribution is -2.26. The minimum absolute atomic E-state index is 0.0617. The topological polar surface area (TPSA) is 131 Å². The fourth-order valence-electron chi connectivity index (χ4n) is 1.68. The maximum absolute atomic E-state index is 10.8. The largest absolute Gasteiger partial charge is 0.481 e. The van der Waals surface area contributed by atoms with Crippen molar-refractivity contribution >= 4 is 24.1 Å². The summed E-state index contributed by atoms with van der Waals surface area (Å²) in [6, 6.07) is 0. The number of allylic oxidation sites excluding steroid dienone is 1. The third-order valence-corrected chi connectivity index (χ3v) is 2.48. The van der Waals surface area contributed by atoms with E-state index in [2.05, 4.69) is 17.2 Å². The van der Waals surface area contributed by atoms with Crippen molar-refractivity contribution in [2.75, 3.05) is 6.61 Å². The number of amides is 1. The van der Waals surface area contributed by atoms with Gasteiger partial charge in [0.2, 0.25) is 5.91 Å². The summed E-state index contributed by atoms with van der Waals surface area (Å²) in [4.78, 5) is 39.2. The van der Waals surface area contributed by atoms with Gasteiger partial charge in [-0.2, -0.15) is 0 Å². The number of ether oxygens (including phenoxy) is 2. The average Bonchev–Trinajstić information content (AvgIpc) is 3.02. The molecule has 0 bridgehead atoms. The number of hydrogen-bond acceptors (Lipinski definition) is 7. The molecule has 1 aliphatic rings. The lowest BCUT2D eigenvalue weighted by atomic mass is 10.2. The van der Waals surface area contributed by atoms with Crippen LogP contribution in [0.4, 0.5) is 0 Å². The van der Waals surface area contributed by atoms with Crippen LogP contribution in [0.3, 0.4) is 0 Å². The first kappa shape index (κ1) is 30.1. The summed E-state index contributed by atoms with van der Waals surface area (Å²) in [5.74, 6) is -1.29. The number of nitrogens with one attached hydrogen (secondary N) is 2. The number of carboxylic acid groups (broad SMARTS) is 1. The van der Waals surface area contributed by atoms with Gasteiger partial charge in [0.25, 0.3) is 5.97 Å². The number of rotatable bonds is 6. The number of carbonyl (C=O) groups is 4. The van der Waals surface area contributed by atoms with E-state index < -0.39 is 5.97 Å². The normalized spacial score (nSPS) is 16.6. The van der Waals surface area contributed by atoms with E-state index >= 15 is 0 Å². The third-order valence-electron chi connectivity index (χ3n) is 2.48. The second-order valence-electron chi connectivity index (χ2n) is 5.09. The molecule has 2 unspecified atom stereocenters. The van der Waals surface area contributed by atoms with Gasteiger partial charge in [-0.3, -0.25) is 14.4 Å². The van der Waals surface area contributed by atoms with Crippen LogP contribution in [-0.2, 0) is 28.7 Å². The molecule has 0 spiro atoms. The molecule has 0 radical (unpaired) electrons. The molecule has 28 heavy (non-hydrogen) atoms. The van der Waals surface area contributed by atoms with Crippen molar-refractivity contribution in [1.82, 2.24) is 10.6 Å². The van der Waals surface area contributed by atoms with Crippen LogP contribution in [0.15, 0.2) is 24.6 Å². The Morgan fingerprint density at radius 3 is 2.14 bits per heavy atom. The predicted molar refractivity (Wildman–Crippen MR) is 106 cm³/mol. The standard InChI is InChI=1S/C13H20N2O4.C2H4O2.C2H4O.C2H6/c1-9(15-10(2)16)6-7-14-13-5-4-12(19-13)8-18-11(3)17;1-2(3)4;1-2-3;1-2/h6-7,12-14H,1,4-5,8H2,2-3H3,(H,15,16);1H3,(H,3,4);2H,1H3;1-2H3/b7-6-;;;. The van der Waals surface area contributed by atoms with Crippen LogP contribution < -0.4 is 10.6 Å². The molecule has 9 nitrogen and oxygen atoms in total. The fraction of sp³-hybridized carbons (Fsp3) is 0.579. The van der Waals surface area contributed by atoms with E-state index in [9.17, 15) is 9.59 Å². The lowest BCUT2D eigenvalue weighted by Gasteiger charge is -2.13. The Kier molecular flexibility index (Phi) is 22.1. The van der Waals surface area contributed by atoms with Crippen LogP contribution >= 0.6 is 0 Å². The van der Waals surface area contributed by atoms with Gasteiger partial charge >= 0.3 is 5.97 Å². The van der Waals surface area contributed by atoms with Gasteiger partial charge in [0.05, 0.1) is 6.10 Å². The number of carboxylic acids is 1. The first-order valence-electron chi connectivity index (χ1n) is 8.89. The highest BCUT2D eigenvalue weighted by molar-refractivity contribution is 5.75. The van der Waals surface area contributed by atoms with E-state index in [1.807, 2.05) is 13.8 Å². The number of carbonyl (C=O) groups excluding carboxylic acids is 3. The quantitative estimate of drug-likeness (QED) is 0.350. The van der Waals surface area contributed by atoms with Crippen LogP contribution in [-0.4, -0.2) is 48.2 Å². The van der Waals surface area contributed by atoms with Crippen LogP contribution in [0.2, 0.25) is 0 Å². The highest BCUT2D eigenvalue weighted by Gasteiger charge is 2.24. The van der Waals surface area contributed by atoms with Crippen molar-refractivity contribution in [3.63, 3.8) is 0 Å². The molecule has 162 valence electrons. The molecule has 1 aliphatic heterocycles. The molecule has 9 heteroatoms. The molecule has 0 saturated carbocycles. The Labute approximate surface area is 167 Å². The summed E-state index contributed by atoms with van der Waals surface area (Å²) in [6.07, 6.45) is 5.59. The summed E-state index contributed by atoms with van der Waals surface area (Å²) in [5, 5.41) is 13.0. The highest BCUT2D eigenvalue weighted by atomic mass is 16.6. The molecule has 1 fully saturated rings. The maximum Gasteiger partial charge on any atom is 0.302 e. The Hall–Kier alpha value is -2.68. The van der Waals surface area contributed by atoms with Gasteiger partial charge in [0, 0.05) is 32.7 Å². The summed E-state index contributed by atoms with van der Waals surface area (Å²) in [7, 11) is 0. The third kappa shape index (κ3) is 25.6. The molecular weight excluding hydrogens is 368 g/mol. The first-order valence-corrected chi connectivity index (χ1v) is 8.89. The zero-order valence-electron chi connectivity index (χ0n) is 17.6. The van der Waals surface area contributed by atoms with Crippen molar-refractivity contribution in [2.24, 2.45) is 0 Å². The summed E-state index contributed by atoms with van der Waals surface area (Å²) >= 11 is 0. The van der Waals surface area contributed by atoms with E-state index in [0.29, 0.717) is 5.70 Å². The molecule has 3 N–H and O–H groups in total. The summed E-state index contributed by atoms with van der Waals surface area (Å²) < 4.78 is 10.5. The molecule has 0 aromatic rings. The summed E-state index contributed by atoms with van der Waals surface area (Å²) in [6.45, 7) is 13.3. The van der Waals surface area contributed by atoms with Gasteiger partial charge in [0.1, 0.15) is 19.1 Å². The van der Waals surface area contributed by atoms with E-state index in [4.69, 9.17) is 24.2 Å².